The van der Waals surface area contributed by atoms with Crippen molar-refractivity contribution in [2.45, 2.75) is 26.4 Å². The molecule has 1 atom stereocenters. The quantitative estimate of drug-likeness (QED) is 0.440. The SMILES string of the molecule is CC(=O)N=c1cccc2c(c1)[nH]c1c(CNC(C)c3ccc(Br)cc3)cccc12. The first-order valence-electron chi connectivity index (χ1n) is 9.59. The minimum absolute atomic E-state index is 0.202. The molecular formula is C24H22BrN3O. The summed E-state index contributed by atoms with van der Waals surface area (Å²) in [5, 5.41) is 6.56. The maximum absolute atomic E-state index is 11.4. The number of hydrogen-bond donors (Lipinski definition) is 2. The first-order valence-corrected chi connectivity index (χ1v) is 10.4. The normalized spacial score (nSPS) is 13.1. The van der Waals surface area contributed by atoms with Crippen LogP contribution in [0.15, 0.2) is 76.2 Å². The molecule has 5 heteroatoms. The van der Waals surface area contributed by atoms with E-state index in [1.807, 2.05) is 18.2 Å². The van der Waals surface area contributed by atoms with Crippen LogP contribution >= 0.6 is 15.9 Å². The summed E-state index contributed by atoms with van der Waals surface area (Å²) in [6.07, 6.45) is 0. The summed E-state index contributed by atoms with van der Waals surface area (Å²) in [7, 11) is 0. The Labute approximate surface area is 177 Å². The fourth-order valence-electron chi connectivity index (χ4n) is 3.58. The van der Waals surface area contributed by atoms with Crippen LogP contribution in [0.2, 0.25) is 0 Å². The van der Waals surface area contributed by atoms with E-state index in [2.05, 4.69) is 86.7 Å². The monoisotopic (exact) mass is 447 g/mol. The number of aromatic amines is 1. The molecule has 1 heterocycles. The van der Waals surface area contributed by atoms with Gasteiger partial charge in [-0.15, -0.1) is 0 Å². The number of benzene rings is 2. The van der Waals surface area contributed by atoms with Crippen LogP contribution < -0.4 is 10.7 Å². The zero-order valence-corrected chi connectivity index (χ0v) is 18.0. The lowest BCUT2D eigenvalue weighted by Gasteiger charge is -2.15. The van der Waals surface area contributed by atoms with E-state index < -0.39 is 0 Å². The predicted octanol–water partition coefficient (Wildman–Crippen LogP) is 5.38. The third kappa shape index (κ3) is 4.31. The van der Waals surface area contributed by atoms with Crippen molar-refractivity contribution in [3.8, 4) is 0 Å². The Hall–Kier alpha value is -2.76. The lowest BCUT2D eigenvalue weighted by Crippen LogP contribution is -2.18. The van der Waals surface area contributed by atoms with E-state index in [4.69, 9.17) is 0 Å². The van der Waals surface area contributed by atoms with Crippen LogP contribution in [-0.4, -0.2) is 10.9 Å². The summed E-state index contributed by atoms with van der Waals surface area (Å²) in [5.74, 6) is -0.202. The third-order valence-corrected chi connectivity index (χ3v) is 5.60. The molecule has 1 aromatic heterocycles. The maximum Gasteiger partial charge on any atom is 0.243 e. The van der Waals surface area contributed by atoms with Crippen molar-refractivity contribution in [1.82, 2.24) is 10.3 Å². The van der Waals surface area contributed by atoms with Crippen molar-refractivity contribution in [2.75, 3.05) is 0 Å². The zero-order valence-electron chi connectivity index (χ0n) is 16.4. The molecule has 1 amide bonds. The van der Waals surface area contributed by atoms with Gasteiger partial charge in [-0.3, -0.25) is 4.79 Å². The van der Waals surface area contributed by atoms with Crippen LogP contribution in [-0.2, 0) is 11.3 Å². The Morgan fingerprint density at radius 2 is 1.79 bits per heavy atom. The van der Waals surface area contributed by atoms with Crippen molar-refractivity contribution >= 4 is 43.6 Å². The van der Waals surface area contributed by atoms with Gasteiger partial charge in [-0.25, -0.2) is 4.99 Å². The van der Waals surface area contributed by atoms with E-state index in [0.29, 0.717) is 5.36 Å². The number of hydrogen-bond acceptors (Lipinski definition) is 2. The van der Waals surface area contributed by atoms with Gasteiger partial charge in [-0.1, -0.05) is 58.4 Å². The molecule has 4 aromatic rings. The number of carbonyl (C=O) groups excluding carboxylic acids is 1. The predicted molar refractivity (Wildman–Crippen MR) is 121 cm³/mol. The highest BCUT2D eigenvalue weighted by atomic mass is 79.9. The standard InChI is InChI=1S/C24H22BrN3O/c1-15(17-9-11-19(25)12-10-17)26-14-18-5-3-8-22-21-7-4-6-20(27-16(2)29)13-23(21)28-24(18)22/h3-13,15,26,28H,14H2,1-2H3. The second-order valence-electron chi connectivity index (χ2n) is 7.17. The molecule has 146 valence electrons. The summed E-state index contributed by atoms with van der Waals surface area (Å²) in [6.45, 7) is 4.38. The Morgan fingerprint density at radius 3 is 2.55 bits per heavy atom. The van der Waals surface area contributed by atoms with E-state index in [9.17, 15) is 4.79 Å². The number of aromatic nitrogens is 1. The molecule has 29 heavy (non-hydrogen) atoms. The number of nitrogens with zero attached hydrogens (tertiary/aromatic N) is 1. The van der Waals surface area contributed by atoms with Gasteiger partial charge in [0.2, 0.25) is 5.91 Å². The van der Waals surface area contributed by atoms with Crippen LogP contribution in [0.3, 0.4) is 0 Å². The average Bonchev–Trinajstić information content (AvgIpc) is 2.92. The Morgan fingerprint density at radius 1 is 1.07 bits per heavy atom. The first kappa shape index (κ1) is 19.6. The fourth-order valence-corrected chi connectivity index (χ4v) is 3.85. The number of halogens is 1. The van der Waals surface area contributed by atoms with E-state index in [0.717, 1.165) is 27.4 Å². The van der Waals surface area contributed by atoms with Gasteiger partial charge in [0.15, 0.2) is 0 Å². The van der Waals surface area contributed by atoms with Crippen LogP contribution in [0, 0.1) is 0 Å². The molecule has 2 N–H and O–H groups in total. The number of amides is 1. The van der Waals surface area contributed by atoms with Gasteiger partial charge in [0.1, 0.15) is 0 Å². The highest BCUT2D eigenvalue weighted by Gasteiger charge is 2.10. The fraction of sp³-hybridized carbons (Fsp3) is 0.167. The van der Waals surface area contributed by atoms with Gasteiger partial charge >= 0.3 is 0 Å². The van der Waals surface area contributed by atoms with Crippen molar-refractivity contribution in [3.05, 3.63) is 87.7 Å². The molecule has 1 unspecified atom stereocenters. The van der Waals surface area contributed by atoms with Crippen molar-refractivity contribution in [3.63, 3.8) is 0 Å². The molecule has 0 aliphatic carbocycles. The summed E-state index contributed by atoms with van der Waals surface area (Å²) in [5.41, 5.74) is 4.53. The molecule has 0 aliphatic rings. The summed E-state index contributed by atoms with van der Waals surface area (Å²) < 4.78 is 1.08. The first-order chi connectivity index (χ1) is 14.0. The molecule has 0 spiro atoms. The molecule has 0 bridgehead atoms. The van der Waals surface area contributed by atoms with E-state index in [1.54, 1.807) is 0 Å². The van der Waals surface area contributed by atoms with Crippen molar-refractivity contribution in [1.29, 1.82) is 0 Å². The minimum Gasteiger partial charge on any atom is -0.354 e. The summed E-state index contributed by atoms with van der Waals surface area (Å²) in [4.78, 5) is 19.0. The second kappa shape index (κ2) is 8.31. The van der Waals surface area contributed by atoms with Gasteiger partial charge < -0.3 is 10.3 Å². The highest BCUT2D eigenvalue weighted by Crippen LogP contribution is 2.27. The smallest absolute Gasteiger partial charge is 0.243 e. The lowest BCUT2D eigenvalue weighted by molar-refractivity contribution is -0.116. The lowest BCUT2D eigenvalue weighted by atomic mass is 10.1. The van der Waals surface area contributed by atoms with Gasteiger partial charge in [0.05, 0.1) is 10.9 Å². The zero-order chi connectivity index (χ0) is 20.4. The number of para-hydroxylation sites is 1. The number of H-pyrrole nitrogens is 1. The van der Waals surface area contributed by atoms with Crippen LogP contribution in [0.1, 0.15) is 31.0 Å². The second-order valence-corrected chi connectivity index (χ2v) is 8.09. The maximum atomic E-state index is 11.4. The molecule has 4 nitrogen and oxygen atoms in total. The molecule has 0 saturated heterocycles. The van der Waals surface area contributed by atoms with Gasteiger partial charge in [-0.2, -0.15) is 0 Å². The van der Waals surface area contributed by atoms with Gasteiger partial charge in [0.25, 0.3) is 0 Å². The molecule has 4 rings (SSSR count). The number of nitrogens with one attached hydrogen (secondary N) is 2. The van der Waals surface area contributed by atoms with E-state index in [-0.39, 0.29) is 11.9 Å². The molecular weight excluding hydrogens is 426 g/mol. The largest absolute Gasteiger partial charge is 0.354 e. The Balaban J connectivity index is 1.69. The van der Waals surface area contributed by atoms with Crippen LogP contribution in [0.5, 0.6) is 0 Å². The average molecular weight is 448 g/mol. The Bertz CT molecular complexity index is 1260. The minimum atomic E-state index is -0.202. The van der Waals surface area contributed by atoms with Gasteiger partial charge in [0, 0.05) is 40.3 Å². The highest BCUT2D eigenvalue weighted by molar-refractivity contribution is 9.10. The summed E-state index contributed by atoms with van der Waals surface area (Å²) in [6, 6.07) is 22.8. The number of rotatable bonds is 4. The summed E-state index contributed by atoms with van der Waals surface area (Å²) >= 11 is 3.49. The molecule has 0 aliphatic heterocycles. The molecule has 0 saturated carbocycles. The number of carbonyl (C=O) groups is 1. The number of fused-ring (bicyclic) bond motifs is 3. The topological polar surface area (TPSA) is 57.2 Å². The molecule has 0 fully saturated rings. The Kier molecular flexibility index (Phi) is 5.60. The van der Waals surface area contributed by atoms with Crippen LogP contribution in [0.4, 0.5) is 0 Å². The van der Waals surface area contributed by atoms with E-state index in [1.165, 1.54) is 23.4 Å². The third-order valence-electron chi connectivity index (χ3n) is 5.07. The van der Waals surface area contributed by atoms with Gasteiger partial charge in [-0.05, 0) is 42.3 Å². The molecule has 0 radical (unpaired) electrons. The van der Waals surface area contributed by atoms with Crippen molar-refractivity contribution in [2.24, 2.45) is 4.99 Å². The van der Waals surface area contributed by atoms with Crippen molar-refractivity contribution < 1.29 is 4.79 Å². The van der Waals surface area contributed by atoms with E-state index >= 15 is 0 Å². The van der Waals surface area contributed by atoms with Crippen LogP contribution in [0.25, 0.3) is 21.8 Å². The molecule has 3 aromatic carbocycles.